The number of imidazole rings is 1. The number of ether oxygens (including phenoxy) is 1. The van der Waals surface area contributed by atoms with Crippen LogP contribution < -0.4 is 10.1 Å². The van der Waals surface area contributed by atoms with Crippen molar-refractivity contribution in [2.45, 2.75) is 13.0 Å². The predicted octanol–water partition coefficient (Wildman–Crippen LogP) is 1.80. The van der Waals surface area contributed by atoms with Crippen LogP contribution in [0.4, 0.5) is 4.39 Å². The number of rotatable bonds is 5. The maximum atomic E-state index is 12.9. The van der Waals surface area contributed by atoms with Crippen molar-refractivity contribution >= 4 is 5.91 Å². The third kappa shape index (κ3) is 3.80. The first-order valence-electron chi connectivity index (χ1n) is 5.82. The molecule has 1 aromatic carbocycles. The van der Waals surface area contributed by atoms with Gasteiger partial charge in [0.1, 0.15) is 17.4 Å². The fourth-order valence-corrected chi connectivity index (χ4v) is 1.57. The number of carbonyl (C=O) groups is 1. The van der Waals surface area contributed by atoms with Crippen LogP contribution in [0.1, 0.15) is 18.8 Å². The number of nitrogens with zero attached hydrogens (tertiary/aromatic N) is 1. The van der Waals surface area contributed by atoms with Crippen LogP contribution in [0.5, 0.6) is 5.75 Å². The van der Waals surface area contributed by atoms with E-state index in [0.717, 1.165) is 0 Å². The normalized spacial score (nSPS) is 11.9. The van der Waals surface area contributed by atoms with E-state index in [4.69, 9.17) is 4.74 Å². The highest BCUT2D eigenvalue weighted by Crippen LogP contribution is 2.11. The summed E-state index contributed by atoms with van der Waals surface area (Å²) in [7, 11) is 0. The molecule has 2 N–H and O–H groups in total. The van der Waals surface area contributed by atoms with Crippen LogP contribution in [0.2, 0.25) is 0 Å². The van der Waals surface area contributed by atoms with Crippen molar-refractivity contribution in [3.05, 3.63) is 48.3 Å². The van der Waals surface area contributed by atoms with E-state index in [0.29, 0.717) is 11.6 Å². The molecule has 0 aliphatic rings. The lowest BCUT2D eigenvalue weighted by Gasteiger charge is -2.12. The van der Waals surface area contributed by atoms with Crippen molar-refractivity contribution in [2.75, 3.05) is 6.61 Å². The second-order valence-electron chi connectivity index (χ2n) is 4.01. The maximum absolute atomic E-state index is 12.9. The minimum Gasteiger partial charge on any atom is -0.484 e. The van der Waals surface area contributed by atoms with Gasteiger partial charge in [0.05, 0.1) is 6.04 Å². The summed E-state index contributed by atoms with van der Waals surface area (Å²) in [5, 5.41) is 2.72. The van der Waals surface area contributed by atoms with Crippen molar-refractivity contribution < 1.29 is 13.9 Å². The second kappa shape index (κ2) is 5.99. The molecule has 0 saturated carbocycles. The fraction of sp³-hybridized carbons (Fsp3) is 0.231. The molecular weight excluding hydrogens is 249 g/mol. The summed E-state index contributed by atoms with van der Waals surface area (Å²) < 4.78 is 18.1. The van der Waals surface area contributed by atoms with Crippen LogP contribution in [0.3, 0.4) is 0 Å². The van der Waals surface area contributed by atoms with Gasteiger partial charge in [0.2, 0.25) is 0 Å². The zero-order valence-electron chi connectivity index (χ0n) is 10.4. The van der Waals surface area contributed by atoms with Gasteiger partial charge < -0.3 is 15.0 Å². The highest BCUT2D eigenvalue weighted by molar-refractivity contribution is 5.77. The van der Waals surface area contributed by atoms with Gasteiger partial charge in [0.15, 0.2) is 6.61 Å². The zero-order chi connectivity index (χ0) is 13.7. The van der Waals surface area contributed by atoms with Gasteiger partial charge in [-0.05, 0) is 19.1 Å². The first kappa shape index (κ1) is 13.1. The molecule has 0 saturated heterocycles. The number of aromatic nitrogens is 2. The van der Waals surface area contributed by atoms with E-state index in [-0.39, 0.29) is 18.6 Å². The van der Waals surface area contributed by atoms with Crippen LogP contribution in [-0.2, 0) is 4.79 Å². The Labute approximate surface area is 109 Å². The summed E-state index contributed by atoms with van der Waals surface area (Å²) in [6.07, 6.45) is 3.29. The Balaban J connectivity index is 1.82. The molecule has 1 heterocycles. The van der Waals surface area contributed by atoms with Gasteiger partial charge in [-0.2, -0.15) is 0 Å². The summed E-state index contributed by atoms with van der Waals surface area (Å²) in [4.78, 5) is 18.6. The minimum atomic E-state index is -0.401. The molecule has 5 nitrogen and oxygen atoms in total. The molecule has 2 rings (SSSR count). The van der Waals surface area contributed by atoms with Gasteiger partial charge in [0, 0.05) is 18.5 Å². The Morgan fingerprint density at radius 1 is 1.58 bits per heavy atom. The van der Waals surface area contributed by atoms with Crippen molar-refractivity contribution in [2.24, 2.45) is 0 Å². The number of carbonyl (C=O) groups excluding carboxylic acids is 1. The van der Waals surface area contributed by atoms with Gasteiger partial charge in [-0.25, -0.2) is 9.37 Å². The number of amides is 1. The van der Waals surface area contributed by atoms with Crippen molar-refractivity contribution in [3.63, 3.8) is 0 Å². The molecule has 2 aromatic rings. The van der Waals surface area contributed by atoms with E-state index in [2.05, 4.69) is 15.3 Å². The van der Waals surface area contributed by atoms with Gasteiger partial charge in [-0.1, -0.05) is 6.07 Å². The molecule has 1 amide bonds. The Morgan fingerprint density at radius 3 is 3.11 bits per heavy atom. The minimum absolute atomic E-state index is 0.172. The summed E-state index contributed by atoms with van der Waals surface area (Å²) in [5.41, 5.74) is 0. The van der Waals surface area contributed by atoms with Gasteiger partial charge in [-0.15, -0.1) is 0 Å². The maximum Gasteiger partial charge on any atom is 0.258 e. The van der Waals surface area contributed by atoms with E-state index in [1.54, 1.807) is 25.4 Å². The number of nitrogens with one attached hydrogen (secondary N) is 2. The average molecular weight is 263 g/mol. The Kier molecular flexibility index (Phi) is 4.12. The van der Waals surface area contributed by atoms with Crippen LogP contribution in [0.15, 0.2) is 36.7 Å². The van der Waals surface area contributed by atoms with Crippen molar-refractivity contribution in [1.29, 1.82) is 0 Å². The topological polar surface area (TPSA) is 67.0 Å². The number of halogens is 1. The lowest BCUT2D eigenvalue weighted by Crippen LogP contribution is -2.31. The van der Waals surface area contributed by atoms with E-state index in [1.807, 2.05) is 0 Å². The van der Waals surface area contributed by atoms with Crippen LogP contribution in [-0.4, -0.2) is 22.5 Å². The molecule has 0 radical (unpaired) electrons. The summed E-state index contributed by atoms with van der Waals surface area (Å²) in [6.45, 7) is 1.63. The molecule has 19 heavy (non-hydrogen) atoms. The number of hydrogen-bond acceptors (Lipinski definition) is 3. The van der Waals surface area contributed by atoms with Gasteiger partial charge in [-0.3, -0.25) is 4.79 Å². The third-order valence-electron chi connectivity index (χ3n) is 2.47. The molecule has 0 bridgehead atoms. The quantitative estimate of drug-likeness (QED) is 0.864. The second-order valence-corrected chi connectivity index (χ2v) is 4.01. The largest absolute Gasteiger partial charge is 0.484 e. The fourth-order valence-electron chi connectivity index (χ4n) is 1.57. The van der Waals surface area contributed by atoms with Gasteiger partial charge >= 0.3 is 0 Å². The van der Waals surface area contributed by atoms with Crippen LogP contribution in [0, 0.1) is 5.82 Å². The number of benzene rings is 1. The van der Waals surface area contributed by atoms with E-state index >= 15 is 0 Å². The average Bonchev–Trinajstić information content (AvgIpc) is 2.90. The standard InChI is InChI=1S/C13H14FN3O2/c1-9(13-15-5-6-16-13)17-12(18)8-19-11-4-2-3-10(14)7-11/h2-7,9H,8H2,1H3,(H,15,16)(H,17,18). The molecular formula is C13H14FN3O2. The molecule has 0 aliphatic heterocycles. The highest BCUT2D eigenvalue weighted by Gasteiger charge is 2.11. The highest BCUT2D eigenvalue weighted by atomic mass is 19.1. The molecule has 1 unspecified atom stereocenters. The number of H-pyrrole nitrogens is 1. The monoisotopic (exact) mass is 263 g/mol. The van der Waals surface area contributed by atoms with E-state index in [9.17, 15) is 9.18 Å². The summed E-state index contributed by atoms with van der Waals surface area (Å²) in [6, 6.07) is 5.41. The van der Waals surface area contributed by atoms with Gasteiger partial charge in [0.25, 0.3) is 5.91 Å². The number of aromatic amines is 1. The molecule has 0 aliphatic carbocycles. The molecule has 6 heteroatoms. The summed E-state index contributed by atoms with van der Waals surface area (Å²) >= 11 is 0. The Bertz CT molecular complexity index is 543. The van der Waals surface area contributed by atoms with Crippen molar-refractivity contribution in [3.8, 4) is 5.75 Å². The van der Waals surface area contributed by atoms with Crippen LogP contribution in [0.25, 0.3) is 0 Å². The zero-order valence-corrected chi connectivity index (χ0v) is 10.4. The lowest BCUT2D eigenvalue weighted by molar-refractivity contribution is -0.123. The first-order chi connectivity index (χ1) is 9.15. The third-order valence-corrected chi connectivity index (χ3v) is 2.47. The molecule has 0 fully saturated rings. The first-order valence-corrected chi connectivity index (χ1v) is 5.82. The Hall–Kier alpha value is -2.37. The van der Waals surface area contributed by atoms with Crippen molar-refractivity contribution in [1.82, 2.24) is 15.3 Å². The lowest BCUT2D eigenvalue weighted by atomic mass is 10.3. The number of hydrogen-bond donors (Lipinski definition) is 2. The smallest absolute Gasteiger partial charge is 0.258 e. The molecule has 100 valence electrons. The van der Waals surface area contributed by atoms with E-state index in [1.165, 1.54) is 18.2 Å². The summed E-state index contributed by atoms with van der Waals surface area (Å²) in [5.74, 6) is 0.287. The molecule has 1 aromatic heterocycles. The van der Waals surface area contributed by atoms with Crippen LogP contribution >= 0.6 is 0 Å². The Morgan fingerprint density at radius 2 is 2.42 bits per heavy atom. The SMILES string of the molecule is CC(NC(=O)COc1cccc(F)c1)c1ncc[nH]1. The molecule has 0 spiro atoms. The molecule has 1 atom stereocenters. The van der Waals surface area contributed by atoms with E-state index < -0.39 is 5.82 Å². The predicted molar refractivity (Wildman–Crippen MR) is 67.0 cm³/mol.